The third-order valence-corrected chi connectivity index (χ3v) is 3.13. The Kier molecular flexibility index (Phi) is 3.59. The lowest BCUT2D eigenvalue weighted by Crippen LogP contribution is -2.27. The van der Waals surface area contributed by atoms with Gasteiger partial charge in [-0.05, 0) is 31.0 Å². The van der Waals surface area contributed by atoms with E-state index in [1.165, 1.54) is 11.1 Å². The molecule has 3 nitrogen and oxygen atoms in total. The van der Waals surface area contributed by atoms with Crippen LogP contribution in [0.25, 0.3) is 0 Å². The molecule has 0 aliphatic carbocycles. The third kappa shape index (κ3) is 3.17. The molecular weight excluding hydrogens is 214 g/mol. The summed E-state index contributed by atoms with van der Waals surface area (Å²) in [7, 11) is 0. The Morgan fingerprint density at radius 2 is 2.06 bits per heavy atom. The molecule has 1 aliphatic rings. The van der Waals surface area contributed by atoms with E-state index in [-0.39, 0.29) is 0 Å². The van der Waals surface area contributed by atoms with E-state index in [0.29, 0.717) is 5.56 Å². The maximum Gasteiger partial charge on any atom is 0.335 e. The first-order valence-corrected chi connectivity index (χ1v) is 5.85. The zero-order valence-electron chi connectivity index (χ0n) is 10.0. The predicted octanol–water partition coefficient (Wildman–Crippen LogP) is 2.54. The first-order chi connectivity index (χ1) is 8.15. The molecule has 90 valence electrons. The van der Waals surface area contributed by atoms with Crippen molar-refractivity contribution in [2.45, 2.75) is 19.9 Å². The normalized spacial score (nSPS) is 16.6. The van der Waals surface area contributed by atoms with Crippen LogP contribution in [-0.2, 0) is 6.54 Å². The van der Waals surface area contributed by atoms with E-state index in [2.05, 4.69) is 17.9 Å². The van der Waals surface area contributed by atoms with Crippen molar-refractivity contribution in [3.05, 3.63) is 47.0 Å². The van der Waals surface area contributed by atoms with Crippen LogP contribution in [0.5, 0.6) is 0 Å². The summed E-state index contributed by atoms with van der Waals surface area (Å²) in [5.74, 6) is -0.868. The van der Waals surface area contributed by atoms with Crippen LogP contribution in [0.1, 0.15) is 29.3 Å². The highest BCUT2D eigenvalue weighted by Gasteiger charge is 2.10. The van der Waals surface area contributed by atoms with Crippen LogP contribution < -0.4 is 0 Å². The van der Waals surface area contributed by atoms with Gasteiger partial charge in [-0.2, -0.15) is 0 Å². The van der Waals surface area contributed by atoms with Crippen LogP contribution >= 0.6 is 0 Å². The van der Waals surface area contributed by atoms with Gasteiger partial charge in [-0.25, -0.2) is 4.79 Å². The van der Waals surface area contributed by atoms with Gasteiger partial charge in [0.25, 0.3) is 0 Å². The van der Waals surface area contributed by atoms with Crippen LogP contribution in [0.2, 0.25) is 0 Å². The molecule has 0 bridgehead atoms. The molecule has 0 saturated heterocycles. The monoisotopic (exact) mass is 231 g/mol. The molecule has 0 fully saturated rings. The largest absolute Gasteiger partial charge is 0.478 e. The van der Waals surface area contributed by atoms with Crippen molar-refractivity contribution >= 4 is 5.97 Å². The standard InChI is InChI=1S/C14H17NO2/c1-11-6-8-15(9-7-11)10-12-2-4-13(5-3-12)14(16)17/h2-6H,7-10H2,1H3,(H,16,17). The van der Waals surface area contributed by atoms with Crippen LogP contribution in [0.4, 0.5) is 0 Å². The fourth-order valence-electron chi connectivity index (χ4n) is 1.97. The van der Waals surface area contributed by atoms with Gasteiger partial charge in [-0.15, -0.1) is 0 Å². The number of hydrogen-bond donors (Lipinski definition) is 1. The molecule has 3 heteroatoms. The predicted molar refractivity (Wildman–Crippen MR) is 67.1 cm³/mol. The highest BCUT2D eigenvalue weighted by atomic mass is 16.4. The maximum atomic E-state index is 10.7. The second-order valence-electron chi connectivity index (χ2n) is 4.54. The Labute approximate surface area is 101 Å². The molecular formula is C14H17NO2. The number of carboxylic acid groups (broad SMARTS) is 1. The molecule has 1 aromatic carbocycles. The molecule has 0 aromatic heterocycles. The van der Waals surface area contributed by atoms with Crippen molar-refractivity contribution in [3.8, 4) is 0 Å². The summed E-state index contributed by atoms with van der Waals surface area (Å²) in [4.78, 5) is 13.1. The molecule has 1 heterocycles. The topological polar surface area (TPSA) is 40.5 Å². The Bertz CT molecular complexity index is 434. The van der Waals surface area contributed by atoms with Crippen molar-refractivity contribution in [2.24, 2.45) is 0 Å². The Morgan fingerprint density at radius 1 is 1.35 bits per heavy atom. The van der Waals surface area contributed by atoms with Crippen molar-refractivity contribution in [2.75, 3.05) is 13.1 Å². The molecule has 0 amide bonds. The highest BCUT2D eigenvalue weighted by molar-refractivity contribution is 5.87. The zero-order valence-corrected chi connectivity index (χ0v) is 10.0. The van der Waals surface area contributed by atoms with Gasteiger partial charge < -0.3 is 5.11 Å². The smallest absolute Gasteiger partial charge is 0.335 e. The van der Waals surface area contributed by atoms with Crippen molar-refractivity contribution in [1.29, 1.82) is 0 Å². The van der Waals surface area contributed by atoms with Gasteiger partial charge in [0, 0.05) is 19.6 Å². The first-order valence-electron chi connectivity index (χ1n) is 5.85. The SMILES string of the molecule is CC1=CCN(Cc2ccc(C(=O)O)cc2)CC1. The number of aromatic carboxylic acids is 1. The van der Waals surface area contributed by atoms with E-state index in [4.69, 9.17) is 5.11 Å². The minimum atomic E-state index is -0.868. The minimum Gasteiger partial charge on any atom is -0.478 e. The summed E-state index contributed by atoms with van der Waals surface area (Å²) >= 11 is 0. The lowest BCUT2D eigenvalue weighted by atomic mass is 10.1. The van der Waals surface area contributed by atoms with E-state index >= 15 is 0 Å². The second kappa shape index (κ2) is 5.15. The second-order valence-corrected chi connectivity index (χ2v) is 4.54. The fraction of sp³-hybridized carbons (Fsp3) is 0.357. The highest BCUT2D eigenvalue weighted by Crippen LogP contribution is 2.13. The van der Waals surface area contributed by atoms with Gasteiger partial charge in [0.1, 0.15) is 0 Å². The maximum absolute atomic E-state index is 10.7. The van der Waals surface area contributed by atoms with Gasteiger partial charge in [-0.1, -0.05) is 23.8 Å². The van der Waals surface area contributed by atoms with Gasteiger partial charge >= 0.3 is 5.97 Å². The van der Waals surface area contributed by atoms with Crippen LogP contribution in [0.15, 0.2) is 35.9 Å². The average Bonchev–Trinajstić information content (AvgIpc) is 2.33. The van der Waals surface area contributed by atoms with Gasteiger partial charge in [0.15, 0.2) is 0 Å². The molecule has 17 heavy (non-hydrogen) atoms. The number of nitrogens with zero attached hydrogens (tertiary/aromatic N) is 1. The summed E-state index contributed by atoms with van der Waals surface area (Å²) in [6.45, 7) is 5.14. The van der Waals surface area contributed by atoms with Gasteiger partial charge in [0.2, 0.25) is 0 Å². The molecule has 2 rings (SSSR count). The first kappa shape index (κ1) is 11.9. The minimum absolute atomic E-state index is 0.350. The van der Waals surface area contributed by atoms with Crippen molar-refractivity contribution in [1.82, 2.24) is 4.90 Å². The number of rotatable bonds is 3. The number of carbonyl (C=O) groups is 1. The quantitative estimate of drug-likeness (QED) is 0.813. The summed E-state index contributed by atoms with van der Waals surface area (Å²) in [5.41, 5.74) is 2.98. The van der Waals surface area contributed by atoms with Crippen molar-refractivity contribution in [3.63, 3.8) is 0 Å². The molecule has 0 atom stereocenters. The summed E-state index contributed by atoms with van der Waals surface area (Å²) in [6.07, 6.45) is 3.39. The third-order valence-electron chi connectivity index (χ3n) is 3.13. The number of carboxylic acids is 1. The molecule has 0 unspecified atom stereocenters. The fourth-order valence-corrected chi connectivity index (χ4v) is 1.97. The molecule has 0 saturated carbocycles. The van der Waals surface area contributed by atoms with Crippen LogP contribution in [0.3, 0.4) is 0 Å². The summed E-state index contributed by atoms with van der Waals surface area (Å²) in [6, 6.07) is 7.13. The summed E-state index contributed by atoms with van der Waals surface area (Å²) in [5, 5.41) is 8.81. The van der Waals surface area contributed by atoms with E-state index in [1.807, 2.05) is 12.1 Å². The van der Waals surface area contributed by atoms with E-state index in [0.717, 1.165) is 26.1 Å². The van der Waals surface area contributed by atoms with E-state index < -0.39 is 5.97 Å². The van der Waals surface area contributed by atoms with Gasteiger partial charge in [-0.3, -0.25) is 4.90 Å². The molecule has 1 aliphatic heterocycles. The van der Waals surface area contributed by atoms with E-state index in [1.54, 1.807) is 12.1 Å². The molecule has 1 aromatic rings. The Morgan fingerprint density at radius 3 is 2.59 bits per heavy atom. The molecule has 1 N–H and O–H groups in total. The van der Waals surface area contributed by atoms with Crippen LogP contribution in [-0.4, -0.2) is 29.1 Å². The summed E-state index contributed by atoms with van der Waals surface area (Å²) < 4.78 is 0. The molecule has 0 radical (unpaired) electrons. The Balaban J connectivity index is 1.97. The van der Waals surface area contributed by atoms with Crippen LogP contribution in [0, 0.1) is 0 Å². The lowest BCUT2D eigenvalue weighted by molar-refractivity contribution is 0.0697. The lowest BCUT2D eigenvalue weighted by Gasteiger charge is -2.25. The van der Waals surface area contributed by atoms with Crippen molar-refractivity contribution < 1.29 is 9.90 Å². The zero-order chi connectivity index (χ0) is 12.3. The van der Waals surface area contributed by atoms with E-state index in [9.17, 15) is 4.79 Å². The number of hydrogen-bond acceptors (Lipinski definition) is 2. The Hall–Kier alpha value is -1.61. The average molecular weight is 231 g/mol. The van der Waals surface area contributed by atoms with Gasteiger partial charge in [0.05, 0.1) is 5.56 Å². The number of benzene rings is 1. The molecule has 0 spiro atoms.